The zero-order valence-corrected chi connectivity index (χ0v) is 22.6. The first-order valence-electron chi connectivity index (χ1n) is 12.0. The highest BCUT2D eigenvalue weighted by Gasteiger charge is 2.31. The number of thiazole rings is 1. The van der Waals surface area contributed by atoms with Crippen molar-refractivity contribution in [3.8, 4) is 5.69 Å². The molecule has 5 rings (SSSR count). The van der Waals surface area contributed by atoms with Crippen molar-refractivity contribution in [1.82, 2.24) is 25.5 Å². The van der Waals surface area contributed by atoms with Crippen molar-refractivity contribution in [2.75, 3.05) is 22.8 Å². The third-order valence-corrected chi connectivity index (χ3v) is 6.92. The standard InChI is InChI=1S/C26H23F3N8O3S/c1-14-4-5-16(6-21(14)37-12-20(34-35-37)22-10-30-24(41-22)33-25(39)40-3)23(38)32-18-7-17(26(27,28)29)8-19(9-18)36-11-15(2)31-13-36/h4-13,34-35H,1-3H3,(H,32,38)(H,30,33,39). The number of halogens is 3. The lowest BCUT2D eigenvalue weighted by Gasteiger charge is -2.19. The summed E-state index contributed by atoms with van der Waals surface area (Å²) in [5.41, 5.74) is 8.24. The largest absolute Gasteiger partial charge is 0.453 e. The Labute approximate surface area is 235 Å². The van der Waals surface area contributed by atoms with Gasteiger partial charge in [-0.05, 0) is 49.7 Å². The monoisotopic (exact) mass is 584 g/mol. The highest BCUT2D eigenvalue weighted by molar-refractivity contribution is 7.16. The van der Waals surface area contributed by atoms with Crippen molar-refractivity contribution >= 4 is 45.5 Å². The molecule has 0 aliphatic carbocycles. The van der Waals surface area contributed by atoms with E-state index in [0.717, 1.165) is 17.7 Å². The van der Waals surface area contributed by atoms with Gasteiger partial charge in [-0.25, -0.2) is 14.8 Å². The number of carbonyl (C=O) groups is 2. The molecule has 0 unspecified atom stereocenters. The van der Waals surface area contributed by atoms with Crippen LogP contribution in [0.4, 0.5) is 34.5 Å². The molecule has 11 nitrogen and oxygen atoms in total. The quantitative estimate of drug-likeness (QED) is 0.243. The summed E-state index contributed by atoms with van der Waals surface area (Å²) in [6.45, 7) is 3.57. The predicted molar refractivity (Wildman–Crippen MR) is 147 cm³/mol. The number of nitrogens with one attached hydrogen (secondary N) is 4. The lowest BCUT2D eigenvalue weighted by Crippen LogP contribution is -2.36. The third kappa shape index (κ3) is 6.15. The van der Waals surface area contributed by atoms with E-state index in [0.29, 0.717) is 27.1 Å². The molecule has 4 aromatic rings. The van der Waals surface area contributed by atoms with Crippen molar-refractivity contribution in [1.29, 1.82) is 0 Å². The van der Waals surface area contributed by atoms with E-state index in [4.69, 9.17) is 0 Å². The number of methoxy groups -OCH3 is 1. The molecule has 2 aromatic carbocycles. The van der Waals surface area contributed by atoms with Crippen LogP contribution in [-0.4, -0.2) is 33.6 Å². The van der Waals surface area contributed by atoms with E-state index in [1.54, 1.807) is 48.7 Å². The average molecular weight is 585 g/mol. The molecule has 0 atom stereocenters. The summed E-state index contributed by atoms with van der Waals surface area (Å²) >= 11 is 1.22. The number of carbonyl (C=O) groups excluding carboxylic acids is 2. The molecular formula is C26H23F3N8O3S. The van der Waals surface area contributed by atoms with Gasteiger partial charge in [0.1, 0.15) is 0 Å². The normalized spacial score (nSPS) is 13.0. The number of aromatic nitrogens is 3. The van der Waals surface area contributed by atoms with Gasteiger partial charge >= 0.3 is 12.3 Å². The fourth-order valence-electron chi connectivity index (χ4n) is 3.94. The average Bonchev–Trinajstić information content (AvgIpc) is 3.69. The van der Waals surface area contributed by atoms with Crippen LogP contribution < -0.4 is 26.6 Å². The number of amides is 2. The van der Waals surface area contributed by atoms with Crippen LogP contribution in [0.1, 0.15) is 32.1 Å². The van der Waals surface area contributed by atoms with Gasteiger partial charge in [0.25, 0.3) is 5.91 Å². The zero-order chi connectivity index (χ0) is 29.3. The fraction of sp³-hybridized carbons (Fsp3) is 0.154. The number of hydrazine groups is 2. The second kappa shape index (κ2) is 10.9. The number of nitrogens with zero attached hydrogens (tertiary/aromatic N) is 4. The highest BCUT2D eigenvalue weighted by Crippen LogP contribution is 2.34. The zero-order valence-electron chi connectivity index (χ0n) is 21.8. The van der Waals surface area contributed by atoms with Gasteiger partial charge in [-0.15, -0.1) is 5.53 Å². The maximum Gasteiger partial charge on any atom is 0.416 e. The summed E-state index contributed by atoms with van der Waals surface area (Å²) in [6, 6.07) is 8.26. The molecule has 3 heterocycles. The Morgan fingerprint density at radius 1 is 1.07 bits per heavy atom. The maximum absolute atomic E-state index is 13.6. The predicted octanol–water partition coefficient (Wildman–Crippen LogP) is 5.22. The molecule has 0 radical (unpaired) electrons. The van der Waals surface area contributed by atoms with Gasteiger partial charge in [-0.2, -0.15) is 13.2 Å². The Morgan fingerprint density at radius 3 is 2.59 bits per heavy atom. The van der Waals surface area contributed by atoms with Crippen molar-refractivity contribution in [2.45, 2.75) is 20.0 Å². The summed E-state index contributed by atoms with van der Waals surface area (Å²) in [5, 5.41) is 7.09. The number of ether oxygens (including phenoxy) is 1. The first-order chi connectivity index (χ1) is 19.5. The molecule has 0 bridgehead atoms. The maximum atomic E-state index is 13.6. The van der Waals surface area contributed by atoms with Crippen LogP contribution in [-0.2, 0) is 10.9 Å². The van der Waals surface area contributed by atoms with Crippen molar-refractivity contribution in [3.05, 3.63) is 88.6 Å². The minimum atomic E-state index is -4.62. The molecule has 0 saturated carbocycles. The van der Waals surface area contributed by atoms with Gasteiger partial charge in [-0.1, -0.05) is 17.4 Å². The molecule has 0 fully saturated rings. The Hall–Kier alpha value is -4.89. The van der Waals surface area contributed by atoms with Crippen LogP contribution in [0.5, 0.6) is 0 Å². The molecule has 1 aliphatic rings. The summed E-state index contributed by atoms with van der Waals surface area (Å²) in [6.07, 6.45) is 1.06. The number of imidazole rings is 1. The first kappa shape index (κ1) is 27.7. The number of benzene rings is 2. The minimum absolute atomic E-state index is 0.0157. The van der Waals surface area contributed by atoms with Crippen LogP contribution in [0.2, 0.25) is 0 Å². The van der Waals surface area contributed by atoms with Gasteiger partial charge in [0.05, 0.1) is 41.0 Å². The van der Waals surface area contributed by atoms with Crippen LogP contribution in [0, 0.1) is 13.8 Å². The van der Waals surface area contributed by atoms with E-state index in [9.17, 15) is 22.8 Å². The molecule has 41 heavy (non-hydrogen) atoms. The van der Waals surface area contributed by atoms with E-state index in [1.807, 2.05) is 6.92 Å². The first-order valence-corrected chi connectivity index (χ1v) is 12.8. The lowest BCUT2D eigenvalue weighted by molar-refractivity contribution is -0.137. The SMILES string of the molecule is COC(=O)Nc1ncc(C2=CN(c3cc(C(=O)Nc4cc(-n5cnc(C)c5)cc(C(F)(F)F)c4)ccc3C)NN2)s1. The number of rotatable bonds is 6. The minimum Gasteiger partial charge on any atom is -0.453 e. The second-order valence-electron chi connectivity index (χ2n) is 8.94. The molecular weight excluding hydrogens is 561 g/mol. The Balaban J connectivity index is 1.38. The summed E-state index contributed by atoms with van der Waals surface area (Å²) in [4.78, 5) is 33.5. The van der Waals surface area contributed by atoms with E-state index < -0.39 is 23.7 Å². The molecule has 4 N–H and O–H groups in total. The molecule has 1 aliphatic heterocycles. The van der Waals surface area contributed by atoms with Crippen LogP contribution in [0.15, 0.2) is 61.3 Å². The van der Waals surface area contributed by atoms with Crippen LogP contribution >= 0.6 is 11.3 Å². The van der Waals surface area contributed by atoms with Gasteiger partial charge in [-0.3, -0.25) is 15.1 Å². The van der Waals surface area contributed by atoms with E-state index >= 15 is 0 Å². The third-order valence-electron chi connectivity index (χ3n) is 5.98. The van der Waals surface area contributed by atoms with E-state index in [1.165, 1.54) is 35.4 Å². The molecule has 0 spiro atoms. The highest BCUT2D eigenvalue weighted by atomic mass is 32.1. The van der Waals surface area contributed by atoms with Crippen LogP contribution in [0.3, 0.4) is 0 Å². The van der Waals surface area contributed by atoms with Gasteiger partial charge in [0.15, 0.2) is 5.13 Å². The van der Waals surface area contributed by atoms with Gasteiger partial charge in [0, 0.05) is 35.5 Å². The Kier molecular flexibility index (Phi) is 7.38. The van der Waals surface area contributed by atoms with Crippen LogP contribution in [0.25, 0.3) is 11.4 Å². The topological polar surface area (TPSA) is 125 Å². The lowest BCUT2D eigenvalue weighted by atomic mass is 10.1. The van der Waals surface area contributed by atoms with E-state index in [2.05, 4.69) is 36.3 Å². The van der Waals surface area contributed by atoms with Gasteiger partial charge in [0.2, 0.25) is 0 Å². The smallest absolute Gasteiger partial charge is 0.416 e. The van der Waals surface area contributed by atoms with Crippen molar-refractivity contribution in [2.24, 2.45) is 0 Å². The number of aryl methyl sites for hydroxylation is 2. The van der Waals surface area contributed by atoms with Crippen molar-refractivity contribution < 1.29 is 27.5 Å². The molecule has 2 amide bonds. The number of hydrogen-bond donors (Lipinski definition) is 4. The van der Waals surface area contributed by atoms with E-state index in [-0.39, 0.29) is 16.9 Å². The van der Waals surface area contributed by atoms with Gasteiger partial charge < -0.3 is 20.0 Å². The fourth-order valence-corrected chi connectivity index (χ4v) is 4.70. The molecule has 15 heteroatoms. The number of hydrogen-bond acceptors (Lipinski definition) is 9. The summed E-state index contributed by atoms with van der Waals surface area (Å²) in [7, 11) is 1.25. The number of alkyl halides is 3. The second-order valence-corrected chi connectivity index (χ2v) is 9.97. The Bertz CT molecular complexity index is 1660. The summed E-state index contributed by atoms with van der Waals surface area (Å²) < 4.78 is 46.9. The molecule has 0 saturated heterocycles. The number of anilines is 3. The Morgan fingerprint density at radius 2 is 1.88 bits per heavy atom. The summed E-state index contributed by atoms with van der Waals surface area (Å²) in [5.74, 6) is -0.587. The van der Waals surface area contributed by atoms with Crippen molar-refractivity contribution in [3.63, 3.8) is 0 Å². The molecule has 2 aromatic heterocycles. The molecule has 212 valence electrons.